The van der Waals surface area contributed by atoms with Gasteiger partial charge >= 0.3 is 0 Å². The summed E-state index contributed by atoms with van der Waals surface area (Å²) < 4.78 is 0. The Kier molecular flexibility index (Phi) is 5.46. The van der Waals surface area contributed by atoms with Gasteiger partial charge in [-0.1, -0.05) is 13.0 Å². The van der Waals surface area contributed by atoms with E-state index < -0.39 is 0 Å². The van der Waals surface area contributed by atoms with Crippen molar-refractivity contribution >= 4 is 29.3 Å². The number of thioether (sulfide) groups is 1. The van der Waals surface area contributed by atoms with Crippen molar-refractivity contribution in [1.82, 2.24) is 10.2 Å². The van der Waals surface area contributed by atoms with Gasteiger partial charge in [-0.2, -0.15) is 11.8 Å². The average Bonchev–Trinajstić information content (AvgIpc) is 2.55. The molecule has 0 bridgehead atoms. The summed E-state index contributed by atoms with van der Waals surface area (Å²) in [5.41, 5.74) is 2.29. The minimum absolute atomic E-state index is 0.0240. The number of carbonyl (C=O) groups is 2. The summed E-state index contributed by atoms with van der Waals surface area (Å²) in [5, 5.41) is 6.22. The molecule has 2 aliphatic heterocycles. The van der Waals surface area contributed by atoms with E-state index in [0.29, 0.717) is 11.5 Å². The quantitative estimate of drug-likeness (QED) is 0.874. The number of amides is 2. The second-order valence-electron chi connectivity index (χ2n) is 6.58. The number of nitrogens with zero attached hydrogens (tertiary/aromatic N) is 1. The van der Waals surface area contributed by atoms with Gasteiger partial charge in [-0.3, -0.25) is 9.59 Å². The molecule has 2 fully saturated rings. The molecule has 2 aliphatic rings. The molecule has 0 radical (unpaired) electrons. The molecule has 0 aliphatic carbocycles. The number of rotatable bonds is 4. The first-order valence-electron chi connectivity index (χ1n) is 8.56. The number of hydrogen-bond donors (Lipinski definition) is 2. The molecular weight excluding hydrogens is 322 g/mol. The second-order valence-corrected chi connectivity index (χ2v) is 7.80. The summed E-state index contributed by atoms with van der Waals surface area (Å²) in [7, 11) is 0. The number of hydrogen-bond acceptors (Lipinski definition) is 4. The fourth-order valence-corrected chi connectivity index (χ4v) is 3.97. The van der Waals surface area contributed by atoms with Crippen molar-refractivity contribution in [3.05, 3.63) is 29.3 Å². The van der Waals surface area contributed by atoms with Gasteiger partial charge in [0.2, 0.25) is 5.91 Å². The lowest BCUT2D eigenvalue weighted by atomic mass is 9.88. The fourth-order valence-electron chi connectivity index (χ4n) is 3.06. The van der Waals surface area contributed by atoms with Crippen LogP contribution >= 0.6 is 11.8 Å². The summed E-state index contributed by atoms with van der Waals surface area (Å²) in [5.74, 6) is 2.47. The Morgan fingerprint density at radius 3 is 2.62 bits per heavy atom. The Morgan fingerprint density at radius 2 is 2.00 bits per heavy atom. The van der Waals surface area contributed by atoms with E-state index in [9.17, 15) is 9.59 Å². The number of benzene rings is 1. The van der Waals surface area contributed by atoms with Crippen LogP contribution in [0.5, 0.6) is 0 Å². The minimum Gasteiger partial charge on any atom is -0.337 e. The lowest BCUT2D eigenvalue weighted by Crippen LogP contribution is -2.48. The van der Waals surface area contributed by atoms with E-state index >= 15 is 0 Å². The zero-order valence-electron chi connectivity index (χ0n) is 14.3. The van der Waals surface area contributed by atoms with E-state index in [1.54, 1.807) is 0 Å². The van der Waals surface area contributed by atoms with Gasteiger partial charge in [-0.25, -0.2) is 0 Å². The molecule has 2 saturated heterocycles. The van der Waals surface area contributed by atoms with Gasteiger partial charge in [-0.05, 0) is 43.6 Å². The van der Waals surface area contributed by atoms with Gasteiger partial charge in [0.1, 0.15) is 0 Å². The predicted molar refractivity (Wildman–Crippen MR) is 98.6 cm³/mol. The van der Waals surface area contributed by atoms with Crippen LogP contribution in [0, 0.1) is 18.8 Å². The van der Waals surface area contributed by atoms with Crippen LogP contribution in [0.3, 0.4) is 0 Å². The molecule has 0 aromatic heterocycles. The summed E-state index contributed by atoms with van der Waals surface area (Å²) in [6.07, 6.45) is 0. The van der Waals surface area contributed by atoms with Gasteiger partial charge in [0, 0.05) is 41.8 Å². The first-order chi connectivity index (χ1) is 11.6. The van der Waals surface area contributed by atoms with Crippen molar-refractivity contribution in [1.29, 1.82) is 0 Å². The number of carbonyl (C=O) groups excluding carboxylic acids is 2. The Hall–Kier alpha value is -1.53. The first kappa shape index (κ1) is 17.3. The standard InChI is InChI=1S/C18H25N3O2S/c1-12(14-10-19-11-14)17(22)20-16-5-3-4-15(13(16)2)18(23)21-6-8-24-9-7-21/h3-5,12,14,19H,6-11H2,1-2H3,(H,20,22). The van der Waals surface area contributed by atoms with Gasteiger partial charge in [0.25, 0.3) is 5.91 Å². The summed E-state index contributed by atoms with van der Waals surface area (Å²) in [6, 6.07) is 5.58. The van der Waals surface area contributed by atoms with Crippen LogP contribution in [-0.2, 0) is 4.79 Å². The smallest absolute Gasteiger partial charge is 0.254 e. The molecule has 2 amide bonds. The van der Waals surface area contributed by atoms with Gasteiger partial charge in [0.15, 0.2) is 0 Å². The Balaban J connectivity index is 1.72. The third kappa shape index (κ3) is 3.59. The van der Waals surface area contributed by atoms with E-state index in [0.717, 1.165) is 48.9 Å². The van der Waals surface area contributed by atoms with E-state index in [2.05, 4.69) is 10.6 Å². The highest BCUT2D eigenvalue weighted by molar-refractivity contribution is 7.99. The van der Waals surface area contributed by atoms with Crippen LogP contribution < -0.4 is 10.6 Å². The zero-order chi connectivity index (χ0) is 17.1. The SMILES string of the molecule is Cc1c(NC(=O)C(C)C2CNC2)cccc1C(=O)N1CCSCC1. The highest BCUT2D eigenvalue weighted by Gasteiger charge is 2.29. The molecule has 0 spiro atoms. The van der Waals surface area contributed by atoms with E-state index in [1.165, 1.54) is 0 Å². The lowest BCUT2D eigenvalue weighted by molar-refractivity contribution is -0.121. The molecule has 6 heteroatoms. The van der Waals surface area contributed by atoms with Crippen LogP contribution in [-0.4, -0.2) is 54.4 Å². The van der Waals surface area contributed by atoms with Crippen molar-refractivity contribution in [3.63, 3.8) is 0 Å². The van der Waals surface area contributed by atoms with Crippen LogP contribution in [0.15, 0.2) is 18.2 Å². The Morgan fingerprint density at radius 1 is 1.29 bits per heavy atom. The van der Waals surface area contributed by atoms with E-state index in [-0.39, 0.29) is 17.7 Å². The second kappa shape index (κ2) is 7.57. The number of nitrogens with one attached hydrogen (secondary N) is 2. The van der Waals surface area contributed by atoms with Crippen LogP contribution in [0.4, 0.5) is 5.69 Å². The van der Waals surface area contributed by atoms with E-state index in [4.69, 9.17) is 0 Å². The molecule has 1 atom stereocenters. The van der Waals surface area contributed by atoms with Crippen molar-refractivity contribution in [3.8, 4) is 0 Å². The molecular formula is C18H25N3O2S. The van der Waals surface area contributed by atoms with Crippen LogP contribution in [0.1, 0.15) is 22.8 Å². The first-order valence-corrected chi connectivity index (χ1v) is 9.71. The highest BCUT2D eigenvalue weighted by atomic mass is 32.2. The molecule has 1 unspecified atom stereocenters. The largest absolute Gasteiger partial charge is 0.337 e. The van der Waals surface area contributed by atoms with Crippen LogP contribution in [0.25, 0.3) is 0 Å². The average molecular weight is 347 g/mol. The maximum absolute atomic E-state index is 12.8. The molecule has 1 aromatic carbocycles. The molecule has 2 N–H and O–H groups in total. The fraction of sp³-hybridized carbons (Fsp3) is 0.556. The highest BCUT2D eigenvalue weighted by Crippen LogP contribution is 2.24. The van der Waals surface area contributed by atoms with Crippen molar-refractivity contribution in [2.24, 2.45) is 11.8 Å². The molecule has 2 heterocycles. The topological polar surface area (TPSA) is 61.4 Å². The van der Waals surface area contributed by atoms with Gasteiger partial charge in [0.05, 0.1) is 0 Å². The van der Waals surface area contributed by atoms with E-state index in [1.807, 2.05) is 48.7 Å². The van der Waals surface area contributed by atoms with Crippen molar-refractivity contribution in [2.45, 2.75) is 13.8 Å². The summed E-state index contributed by atoms with van der Waals surface area (Å²) in [6.45, 7) is 7.28. The minimum atomic E-state index is -0.0240. The third-order valence-electron chi connectivity index (χ3n) is 5.05. The van der Waals surface area contributed by atoms with Crippen molar-refractivity contribution < 1.29 is 9.59 Å². The maximum Gasteiger partial charge on any atom is 0.254 e. The molecule has 3 rings (SSSR count). The Bertz CT molecular complexity index is 625. The normalized spacial score (nSPS) is 19.5. The summed E-state index contributed by atoms with van der Waals surface area (Å²) >= 11 is 1.88. The van der Waals surface area contributed by atoms with Crippen molar-refractivity contribution in [2.75, 3.05) is 43.0 Å². The predicted octanol–water partition coefficient (Wildman–Crippen LogP) is 1.98. The lowest BCUT2D eigenvalue weighted by Gasteiger charge is -2.32. The molecule has 5 nitrogen and oxygen atoms in total. The van der Waals surface area contributed by atoms with Crippen LogP contribution in [0.2, 0.25) is 0 Å². The monoisotopic (exact) mass is 347 g/mol. The molecule has 0 saturated carbocycles. The Labute approximate surface area is 147 Å². The molecule has 1 aromatic rings. The third-order valence-corrected chi connectivity index (χ3v) is 6.00. The maximum atomic E-state index is 12.8. The zero-order valence-corrected chi connectivity index (χ0v) is 15.1. The van der Waals surface area contributed by atoms with Gasteiger partial charge < -0.3 is 15.5 Å². The molecule has 24 heavy (non-hydrogen) atoms. The van der Waals surface area contributed by atoms with Gasteiger partial charge in [-0.15, -0.1) is 0 Å². The molecule has 130 valence electrons. The summed E-state index contributed by atoms with van der Waals surface area (Å²) in [4.78, 5) is 27.1. The number of anilines is 1.